The summed E-state index contributed by atoms with van der Waals surface area (Å²) in [5, 5.41) is 11.4. The van der Waals surface area contributed by atoms with E-state index in [2.05, 4.69) is 65.3 Å². The Labute approximate surface area is 213 Å². The standard InChI is InChI=1S/C29H35ClN2O3/c1-21(33)32-17-16-31(20-29(32,2)19-22-10-15-26(34-3)27(18-22)35-4)28(23-8-6-5-7-9-23)24-11-13-25(30)14-12-24/h5-15,18,21,28,33H,16-17,19-20H2,1-4H3. The predicted molar refractivity (Wildman–Crippen MR) is 141 cm³/mol. The van der Waals surface area contributed by atoms with E-state index >= 15 is 0 Å². The van der Waals surface area contributed by atoms with E-state index in [0.29, 0.717) is 11.5 Å². The van der Waals surface area contributed by atoms with Gasteiger partial charge in [0.05, 0.1) is 20.3 Å². The van der Waals surface area contributed by atoms with E-state index in [1.165, 1.54) is 11.1 Å². The van der Waals surface area contributed by atoms with Crippen LogP contribution in [0.4, 0.5) is 0 Å². The smallest absolute Gasteiger partial charge is 0.160 e. The molecule has 4 rings (SSSR count). The molecule has 6 heteroatoms. The van der Waals surface area contributed by atoms with Gasteiger partial charge < -0.3 is 14.6 Å². The largest absolute Gasteiger partial charge is 0.493 e. The average Bonchev–Trinajstić information content (AvgIpc) is 2.85. The van der Waals surface area contributed by atoms with Crippen molar-refractivity contribution in [2.45, 2.75) is 38.1 Å². The maximum absolute atomic E-state index is 10.7. The lowest BCUT2D eigenvalue weighted by Gasteiger charge is -2.52. The second-order valence-corrected chi connectivity index (χ2v) is 9.96. The van der Waals surface area contributed by atoms with Crippen molar-refractivity contribution >= 4 is 11.6 Å². The Morgan fingerprint density at radius 2 is 1.57 bits per heavy atom. The number of benzene rings is 3. The molecule has 0 aliphatic carbocycles. The van der Waals surface area contributed by atoms with E-state index in [1.54, 1.807) is 14.2 Å². The number of aliphatic hydroxyl groups is 1. The summed E-state index contributed by atoms with van der Waals surface area (Å²) in [4.78, 5) is 4.74. The minimum atomic E-state index is -0.548. The van der Waals surface area contributed by atoms with Gasteiger partial charge in [0, 0.05) is 30.2 Å². The lowest BCUT2D eigenvalue weighted by molar-refractivity contribution is -0.0969. The van der Waals surface area contributed by atoms with Gasteiger partial charge in [0.15, 0.2) is 11.5 Å². The van der Waals surface area contributed by atoms with Crippen LogP contribution in [0.3, 0.4) is 0 Å². The van der Waals surface area contributed by atoms with Crippen LogP contribution < -0.4 is 9.47 Å². The van der Waals surface area contributed by atoms with Gasteiger partial charge in [0.25, 0.3) is 0 Å². The summed E-state index contributed by atoms with van der Waals surface area (Å²) in [6.07, 6.45) is 0.213. The fourth-order valence-corrected chi connectivity index (χ4v) is 5.58. The maximum atomic E-state index is 10.7. The van der Waals surface area contributed by atoms with E-state index in [-0.39, 0.29) is 11.6 Å². The molecule has 1 aliphatic rings. The molecule has 186 valence electrons. The van der Waals surface area contributed by atoms with Crippen molar-refractivity contribution < 1.29 is 14.6 Å². The lowest BCUT2D eigenvalue weighted by Crippen LogP contribution is -2.64. The van der Waals surface area contributed by atoms with Gasteiger partial charge in [-0.3, -0.25) is 9.80 Å². The first-order chi connectivity index (χ1) is 16.8. The van der Waals surface area contributed by atoms with Crippen LogP contribution in [0, 0.1) is 0 Å². The number of hydrogen-bond donors (Lipinski definition) is 1. The molecule has 35 heavy (non-hydrogen) atoms. The zero-order valence-electron chi connectivity index (χ0n) is 20.9. The SMILES string of the molecule is COc1ccc(CC2(C)CN(C(c3ccccc3)c3ccc(Cl)cc3)CCN2C(C)O)cc1OC. The predicted octanol–water partition coefficient (Wildman–Crippen LogP) is 5.40. The van der Waals surface area contributed by atoms with Crippen molar-refractivity contribution in [3.05, 3.63) is 94.5 Å². The Morgan fingerprint density at radius 3 is 2.20 bits per heavy atom. The molecule has 0 saturated carbocycles. The molecule has 0 spiro atoms. The molecule has 0 aromatic heterocycles. The van der Waals surface area contributed by atoms with Crippen molar-refractivity contribution in [3.63, 3.8) is 0 Å². The number of aliphatic hydroxyl groups excluding tert-OH is 1. The van der Waals surface area contributed by atoms with E-state index in [9.17, 15) is 5.11 Å². The van der Waals surface area contributed by atoms with Crippen LogP contribution in [-0.4, -0.2) is 60.5 Å². The van der Waals surface area contributed by atoms with Gasteiger partial charge in [0.2, 0.25) is 0 Å². The highest BCUT2D eigenvalue weighted by Crippen LogP contribution is 2.37. The second-order valence-electron chi connectivity index (χ2n) is 9.52. The van der Waals surface area contributed by atoms with E-state index in [4.69, 9.17) is 21.1 Å². The van der Waals surface area contributed by atoms with Gasteiger partial charge in [-0.1, -0.05) is 60.1 Å². The van der Waals surface area contributed by atoms with Crippen LogP contribution in [0.25, 0.3) is 0 Å². The Kier molecular flexibility index (Phi) is 8.02. The molecule has 0 bridgehead atoms. The summed E-state index contributed by atoms with van der Waals surface area (Å²) in [6.45, 7) is 6.49. The summed E-state index contributed by atoms with van der Waals surface area (Å²) >= 11 is 6.22. The second kappa shape index (κ2) is 11.0. The van der Waals surface area contributed by atoms with Crippen LogP contribution in [0.2, 0.25) is 5.02 Å². The molecule has 1 saturated heterocycles. The third-order valence-electron chi connectivity index (χ3n) is 7.02. The highest BCUT2D eigenvalue weighted by molar-refractivity contribution is 6.30. The molecule has 0 radical (unpaired) electrons. The molecule has 5 nitrogen and oxygen atoms in total. The molecular weight excluding hydrogens is 460 g/mol. The van der Waals surface area contributed by atoms with Crippen LogP contribution >= 0.6 is 11.6 Å². The molecule has 1 N–H and O–H groups in total. The monoisotopic (exact) mass is 494 g/mol. The number of rotatable bonds is 8. The summed E-state index contributed by atoms with van der Waals surface area (Å²) in [7, 11) is 3.30. The van der Waals surface area contributed by atoms with Gasteiger partial charge in [0.1, 0.15) is 6.23 Å². The topological polar surface area (TPSA) is 45.2 Å². The number of hydrogen-bond acceptors (Lipinski definition) is 5. The minimum Gasteiger partial charge on any atom is -0.493 e. The third kappa shape index (κ3) is 5.65. The van der Waals surface area contributed by atoms with Gasteiger partial charge in [-0.05, 0) is 61.2 Å². The summed E-state index contributed by atoms with van der Waals surface area (Å²) < 4.78 is 11.0. The van der Waals surface area contributed by atoms with Crippen LogP contribution in [0.15, 0.2) is 72.8 Å². The molecule has 3 atom stereocenters. The normalized spacial score (nSPS) is 20.9. The van der Waals surface area contributed by atoms with Crippen molar-refractivity contribution in [1.82, 2.24) is 9.80 Å². The van der Waals surface area contributed by atoms with E-state index in [1.807, 2.05) is 31.2 Å². The van der Waals surface area contributed by atoms with Crippen LogP contribution in [-0.2, 0) is 6.42 Å². The molecule has 1 heterocycles. The highest BCUT2D eigenvalue weighted by Gasteiger charge is 2.42. The van der Waals surface area contributed by atoms with E-state index < -0.39 is 6.23 Å². The molecule has 3 aromatic carbocycles. The third-order valence-corrected chi connectivity index (χ3v) is 7.27. The average molecular weight is 495 g/mol. The van der Waals surface area contributed by atoms with Crippen LogP contribution in [0.5, 0.6) is 11.5 Å². The quantitative estimate of drug-likeness (QED) is 0.454. The number of nitrogens with zero attached hydrogens (tertiary/aromatic N) is 2. The number of methoxy groups -OCH3 is 2. The van der Waals surface area contributed by atoms with Crippen LogP contribution in [0.1, 0.15) is 36.6 Å². The summed E-state index contributed by atoms with van der Waals surface area (Å²) in [5.74, 6) is 1.43. The molecule has 3 unspecified atom stereocenters. The molecule has 1 fully saturated rings. The molecule has 3 aromatic rings. The zero-order valence-corrected chi connectivity index (χ0v) is 21.7. The fourth-order valence-electron chi connectivity index (χ4n) is 5.45. The van der Waals surface area contributed by atoms with Crippen molar-refractivity contribution in [2.75, 3.05) is 33.9 Å². The maximum Gasteiger partial charge on any atom is 0.160 e. The Morgan fingerprint density at radius 1 is 0.914 bits per heavy atom. The first-order valence-electron chi connectivity index (χ1n) is 12.0. The molecular formula is C29H35ClN2O3. The molecule has 0 amide bonds. The highest BCUT2D eigenvalue weighted by atomic mass is 35.5. The lowest BCUT2D eigenvalue weighted by atomic mass is 9.85. The Bertz CT molecular complexity index is 1110. The van der Waals surface area contributed by atoms with Crippen molar-refractivity contribution in [3.8, 4) is 11.5 Å². The van der Waals surface area contributed by atoms with Crippen molar-refractivity contribution in [2.24, 2.45) is 0 Å². The molecule has 1 aliphatic heterocycles. The van der Waals surface area contributed by atoms with Gasteiger partial charge >= 0.3 is 0 Å². The Balaban J connectivity index is 1.69. The number of ether oxygens (including phenoxy) is 2. The number of piperazine rings is 1. The fraction of sp³-hybridized carbons (Fsp3) is 0.379. The zero-order chi connectivity index (χ0) is 25.0. The first-order valence-corrected chi connectivity index (χ1v) is 12.4. The Hall–Kier alpha value is -2.57. The first kappa shape index (κ1) is 25.5. The minimum absolute atomic E-state index is 0.0920. The summed E-state index contributed by atoms with van der Waals surface area (Å²) in [6, 6.07) is 24.9. The van der Waals surface area contributed by atoms with Gasteiger partial charge in [-0.25, -0.2) is 0 Å². The van der Waals surface area contributed by atoms with Crippen molar-refractivity contribution in [1.29, 1.82) is 0 Å². The summed E-state index contributed by atoms with van der Waals surface area (Å²) in [5.41, 5.74) is 3.29. The van der Waals surface area contributed by atoms with E-state index in [0.717, 1.165) is 36.6 Å². The van der Waals surface area contributed by atoms with Gasteiger partial charge in [-0.15, -0.1) is 0 Å². The van der Waals surface area contributed by atoms with Gasteiger partial charge in [-0.2, -0.15) is 0 Å². The number of halogens is 1.